The molecule has 0 aromatic heterocycles. The van der Waals surface area contributed by atoms with Crippen molar-refractivity contribution < 1.29 is 28.3 Å². The SMILES string of the molecule is CCCP(CC)(CC)(CCOCC)OC(=O)CCOCCOCCOC. The van der Waals surface area contributed by atoms with Gasteiger partial charge >= 0.3 is 160 Å². The fourth-order valence-electron chi connectivity index (χ4n) is 3.15. The predicted molar refractivity (Wildman–Crippen MR) is 109 cm³/mol. The van der Waals surface area contributed by atoms with Crippen LogP contribution in [0.15, 0.2) is 0 Å². The molecule has 0 fully saturated rings. The molecule has 0 N–H and O–H groups in total. The van der Waals surface area contributed by atoms with Crippen LogP contribution in [0.3, 0.4) is 0 Å². The Morgan fingerprint density at radius 2 is 1.38 bits per heavy atom. The Morgan fingerprint density at radius 1 is 0.769 bits per heavy atom. The van der Waals surface area contributed by atoms with Crippen molar-refractivity contribution in [3.05, 3.63) is 0 Å². The van der Waals surface area contributed by atoms with Crippen LogP contribution in [0.4, 0.5) is 0 Å². The molecule has 0 heterocycles. The van der Waals surface area contributed by atoms with Crippen molar-refractivity contribution in [1.29, 1.82) is 0 Å². The number of rotatable bonds is 18. The Hall–Kier alpha value is -0.260. The van der Waals surface area contributed by atoms with Gasteiger partial charge in [0.05, 0.1) is 0 Å². The van der Waals surface area contributed by atoms with Crippen LogP contribution in [0, 0.1) is 0 Å². The van der Waals surface area contributed by atoms with Crippen LogP contribution in [-0.4, -0.2) is 84.0 Å². The van der Waals surface area contributed by atoms with E-state index in [9.17, 15) is 4.79 Å². The molecule has 0 aliphatic carbocycles. The summed E-state index contributed by atoms with van der Waals surface area (Å²) in [7, 11) is 1.64. The van der Waals surface area contributed by atoms with Crippen molar-refractivity contribution in [2.24, 2.45) is 0 Å². The predicted octanol–water partition coefficient (Wildman–Crippen LogP) is 3.55. The van der Waals surface area contributed by atoms with E-state index in [1.807, 2.05) is 6.92 Å². The van der Waals surface area contributed by atoms with E-state index < -0.39 is 6.83 Å². The Kier molecular flexibility index (Phi) is 14.6. The van der Waals surface area contributed by atoms with Crippen molar-refractivity contribution >= 4 is 12.8 Å². The van der Waals surface area contributed by atoms with Gasteiger partial charge in [-0.3, -0.25) is 0 Å². The van der Waals surface area contributed by atoms with Crippen LogP contribution in [0.5, 0.6) is 0 Å². The van der Waals surface area contributed by atoms with E-state index in [1.165, 1.54) is 0 Å². The fourth-order valence-corrected chi connectivity index (χ4v) is 7.91. The number of ether oxygens (including phenoxy) is 4. The van der Waals surface area contributed by atoms with Crippen LogP contribution in [0.2, 0.25) is 0 Å². The third kappa shape index (κ3) is 9.61. The molecule has 0 unspecified atom stereocenters. The van der Waals surface area contributed by atoms with Crippen molar-refractivity contribution in [3.8, 4) is 0 Å². The number of hydrogen-bond donors (Lipinski definition) is 0. The Morgan fingerprint density at radius 3 is 1.92 bits per heavy atom. The molecule has 0 bridgehead atoms. The van der Waals surface area contributed by atoms with Gasteiger partial charge in [0.2, 0.25) is 0 Å². The van der Waals surface area contributed by atoms with E-state index in [0.29, 0.717) is 46.2 Å². The molecule has 0 saturated carbocycles. The molecule has 0 aromatic carbocycles. The minimum absolute atomic E-state index is 0.142. The van der Waals surface area contributed by atoms with E-state index in [1.54, 1.807) is 7.11 Å². The van der Waals surface area contributed by atoms with Crippen LogP contribution in [0.25, 0.3) is 0 Å². The molecule has 26 heavy (non-hydrogen) atoms. The Balaban J connectivity index is 4.44. The van der Waals surface area contributed by atoms with Gasteiger partial charge in [0.1, 0.15) is 0 Å². The number of carbonyl (C=O) groups is 1. The summed E-state index contributed by atoms with van der Waals surface area (Å²) in [5.41, 5.74) is 0. The summed E-state index contributed by atoms with van der Waals surface area (Å²) in [4.78, 5) is 12.5. The summed E-state index contributed by atoms with van der Waals surface area (Å²) in [5.74, 6) is -0.142. The van der Waals surface area contributed by atoms with Crippen molar-refractivity contribution in [2.45, 2.75) is 40.5 Å². The molecule has 0 atom stereocenters. The Bertz CT molecular complexity index is 360. The van der Waals surface area contributed by atoms with Gasteiger partial charge in [-0.2, -0.15) is 0 Å². The third-order valence-corrected chi connectivity index (χ3v) is 11.8. The summed E-state index contributed by atoms with van der Waals surface area (Å²) >= 11 is 0. The molecule has 7 heteroatoms. The standard InChI is InChI=1S/C19H41O6P/c1-6-17-26(8-3,9-4,18-16-22-7-2)25-19(20)10-11-23-14-15-24-13-12-21-5/h6-18H2,1-5H3. The second kappa shape index (κ2) is 14.8. The zero-order chi connectivity index (χ0) is 19.8. The average Bonchev–Trinajstić information content (AvgIpc) is 2.64. The van der Waals surface area contributed by atoms with Gasteiger partial charge in [0, 0.05) is 0 Å². The van der Waals surface area contributed by atoms with Gasteiger partial charge in [-0.1, -0.05) is 0 Å². The van der Waals surface area contributed by atoms with Crippen LogP contribution >= 0.6 is 6.83 Å². The summed E-state index contributed by atoms with van der Waals surface area (Å²) in [6.07, 6.45) is 4.99. The molecule has 6 nitrogen and oxygen atoms in total. The van der Waals surface area contributed by atoms with E-state index in [-0.39, 0.29) is 12.4 Å². The molecule has 0 aliphatic heterocycles. The fraction of sp³-hybridized carbons (Fsp3) is 0.947. The first-order valence-corrected chi connectivity index (χ1v) is 12.9. The van der Waals surface area contributed by atoms with E-state index in [0.717, 1.165) is 31.1 Å². The molecule has 0 amide bonds. The van der Waals surface area contributed by atoms with E-state index in [2.05, 4.69) is 20.8 Å². The topological polar surface area (TPSA) is 63.2 Å². The second-order valence-corrected chi connectivity index (χ2v) is 12.6. The zero-order valence-electron chi connectivity index (χ0n) is 17.6. The van der Waals surface area contributed by atoms with Gasteiger partial charge in [-0.25, -0.2) is 0 Å². The third-order valence-electron chi connectivity index (χ3n) is 5.01. The van der Waals surface area contributed by atoms with Gasteiger partial charge in [-0.05, 0) is 0 Å². The second-order valence-electron chi connectivity index (χ2n) is 6.57. The molecular formula is C19H41O6P. The summed E-state index contributed by atoms with van der Waals surface area (Å²) in [6, 6.07) is 0. The maximum atomic E-state index is 12.5. The average molecular weight is 397 g/mol. The van der Waals surface area contributed by atoms with Gasteiger partial charge in [0.15, 0.2) is 0 Å². The summed E-state index contributed by atoms with van der Waals surface area (Å²) in [6.45, 7) is 9.77. The monoisotopic (exact) mass is 396 g/mol. The maximum absolute atomic E-state index is 12.5. The molecule has 0 radical (unpaired) electrons. The molecule has 0 aromatic rings. The molecular weight excluding hydrogens is 355 g/mol. The van der Waals surface area contributed by atoms with Crippen LogP contribution in [0.1, 0.15) is 40.5 Å². The van der Waals surface area contributed by atoms with Crippen molar-refractivity contribution in [3.63, 3.8) is 0 Å². The minimum atomic E-state index is -2.54. The normalized spacial score (nSPS) is 13.3. The van der Waals surface area contributed by atoms with Gasteiger partial charge < -0.3 is 0 Å². The summed E-state index contributed by atoms with van der Waals surface area (Å²) < 4.78 is 27.6. The quantitative estimate of drug-likeness (QED) is 0.261. The Labute approximate surface area is 160 Å². The first kappa shape index (κ1) is 25.7. The van der Waals surface area contributed by atoms with Crippen LogP contribution in [-0.2, 0) is 28.3 Å². The number of methoxy groups -OCH3 is 1. The molecule has 0 saturated heterocycles. The van der Waals surface area contributed by atoms with E-state index in [4.69, 9.17) is 23.5 Å². The van der Waals surface area contributed by atoms with Gasteiger partial charge in [0.25, 0.3) is 0 Å². The number of hydrogen-bond acceptors (Lipinski definition) is 6. The molecule has 0 rings (SSSR count). The number of carbonyl (C=O) groups excluding carboxylic acids is 1. The first-order chi connectivity index (χ1) is 12.5. The van der Waals surface area contributed by atoms with Gasteiger partial charge in [-0.15, -0.1) is 0 Å². The molecule has 0 aliphatic rings. The van der Waals surface area contributed by atoms with Crippen LogP contribution < -0.4 is 0 Å². The molecule has 0 spiro atoms. The van der Waals surface area contributed by atoms with Crippen molar-refractivity contribution in [1.82, 2.24) is 0 Å². The van der Waals surface area contributed by atoms with E-state index >= 15 is 0 Å². The van der Waals surface area contributed by atoms with Crippen molar-refractivity contribution in [2.75, 3.05) is 78.0 Å². The first-order valence-electron chi connectivity index (χ1n) is 9.97. The summed E-state index contributed by atoms with van der Waals surface area (Å²) in [5, 5.41) is 0. The molecule has 158 valence electrons. The zero-order valence-corrected chi connectivity index (χ0v) is 18.5.